The molecular formula is C12H13Cl2NO3. The third-order valence-electron chi connectivity index (χ3n) is 2.25. The van der Waals surface area contributed by atoms with Gasteiger partial charge in [0.05, 0.1) is 10.7 Å². The van der Waals surface area contributed by atoms with Crippen LogP contribution >= 0.6 is 23.2 Å². The van der Waals surface area contributed by atoms with Crippen molar-refractivity contribution < 1.29 is 14.7 Å². The number of halogens is 2. The number of hydrogen-bond donors (Lipinski definition) is 2. The summed E-state index contributed by atoms with van der Waals surface area (Å²) in [5, 5.41) is 12.0. The maximum absolute atomic E-state index is 11.6. The first kappa shape index (κ1) is 14.8. The Morgan fingerprint density at radius 1 is 1.17 bits per heavy atom. The molecule has 0 saturated carbocycles. The van der Waals surface area contributed by atoms with Gasteiger partial charge in [-0.3, -0.25) is 9.59 Å². The smallest absolute Gasteiger partial charge is 0.303 e. The summed E-state index contributed by atoms with van der Waals surface area (Å²) in [6, 6.07) is 4.80. The Labute approximate surface area is 115 Å². The van der Waals surface area contributed by atoms with Crippen molar-refractivity contribution >= 4 is 40.8 Å². The SMILES string of the molecule is O=C(O)CCCCC(=O)Nc1cc(Cl)ccc1Cl. The number of rotatable bonds is 6. The standard InChI is InChI=1S/C12H13Cl2NO3/c13-8-5-6-9(14)10(7-8)15-11(16)3-1-2-4-12(17)18/h5-7H,1-4H2,(H,15,16)(H,17,18). The van der Waals surface area contributed by atoms with Gasteiger partial charge in [-0.15, -0.1) is 0 Å². The molecule has 0 aliphatic rings. The molecule has 4 nitrogen and oxygen atoms in total. The predicted octanol–water partition coefficient (Wildman–Crippen LogP) is 3.58. The number of unbranched alkanes of at least 4 members (excludes halogenated alkanes) is 1. The molecule has 18 heavy (non-hydrogen) atoms. The number of hydrogen-bond acceptors (Lipinski definition) is 2. The lowest BCUT2D eigenvalue weighted by atomic mass is 10.2. The molecule has 0 heterocycles. The Balaban J connectivity index is 2.40. The number of nitrogens with one attached hydrogen (secondary N) is 1. The molecule has 1 aromatic carbocycles. The van der Waals surface area contributed by atoms with Gasteiger partial charge in [-0.2, -0.15) is 0 Å². The fourth-order valence-corrected chi connectivity index (χ4v) is 1.70. The van der Waals surface area contributed by atoms with Crippen LogP contribution in [0.15, 0.2) is 18.2 Å². The number of aliphatic carboxylic acids is 1. The van der Waals surface area contributed by atoms with Crippen LogP contribution in [-0.2, 0) is 9.59 Å². The second-order valence-electron chi connectivity index (χ2n) is 3.77. The summed E-state index contributed by atoms with van der Waals surface area (Å²) in [5.41, 5.74) is 0.465. The molecule has 0 radical (unpaired) electrons. The quantitative estimate of drug-likeness (QED) is 0.787. The van der Waals surface area contributed by atoms with E-state index >= 15 is 0 Å². The van der Waals surface area contributed by atoms with E-state index in [4.69, 9.17) is 28.3 Å². The number of benzene rings is 1. The van der Waals surface area contributed by atoms with Gasteiger partial charge in [0.2, 0.25) is 5.91 Å². The Morgan fingerprint density at radius 2 is 1.83 bits per heavy atom. The first-order valence-corrected chi connectivity index (χ1v) is 6.21. The predicted molar refractivity (Wildman–Crippen MR) is 71.2 cm³/mol. The molecule has 1 aromatic rings. The zero-order valence-corrected chi connectivity index (χ0v) is 11.1. The van der Waals surface area contributed by atoms with Gasteiger partial charge in [0, 0.05) is 17.9 Å². The molecule has 0 bridgehead atoms. The molecule has 1 amide bonds. The van der Waals surface area contributed by atoms with Gasteiger partial charge in [0.15, 0.2) is 0 Å². The lowest BCUT2D eigenvalue weighted by Crippen LogP contribution is -2.11. The molecule has 0 fully saturated rings. The van der Waals surface area contributed by atoms with Gasteiger partial charge >= 0.3 is 5.97 Å². The maximum Gasteiger partial charge on any atom is 0.303 e. The minimum Gasteiger partial charge on any atom is -0.481 e. The van der Waals surface area contributed by atoms with Crippen molar-refractivity contribution in [1.82, 2.24) is 0 Å². The molecule has 98 valence electrons. The number of carboxylic acids is 1. The number of carbonyl (C=O) groups excluding carboxylic acids is 1. The minimum atomic E-state index is -0.853. The monoisotopic (exact) mass is 289 g/mol. The van der Waals surface area contributed by atoms with E-state index in [1.165, 1.54) is 0 Å². The van der Waals surface area contributed by atoms with Gasteiger partial charge in [-0.1, -0.05) is 23.2 Å². The zero-order valence-electron chi connectivity index (χ0n) is 9.58. The Bertz CT molecular complexity index is 449. The Hall–Kier alpha value is -1.26. The zero-order chi connectivity index (χ0) is 13.5. The lowest BCUT2D eigenvalue weighted by Gasteiger charge is -2.07. The van der Waals surface area contributed by atoms with Crippen LogP contribution in [0.5, 0.6) is 0 Å². The van der Waals surface area contributed by atoms with Gasteiger partial charge in [0.25, 0.3) is 0 Å². The highest BCUT2D eigenvalue weighted by Gasteiger charge is 2.07. The van der Waals surface area contributed by atoms with Gasteiger partial charge < -0.3 is 10.4 Å². The topological polar surface area (TPSA) is 66.4 Å². The van der Waals surface area contributed by atoms with Gasteiger partial charge in [-0.05, 0) is 31.0 Å². The summed E-state index contributed by atoms with van der Waals surface area (Å²) >= 11 is 11.7. The number of amides is 1. The Morgan fingerprint density at radius 3 is 2.50 bits per heavy atom. The molecule has 6 heteroatoms. The van der Waals surface area contributed by atoms with Crippen molar-refractivity contribution in [1.29, 1.82) is 0 Å². The molecule has 0 aromatic heterocycles. The van der Waals surface area contributed by atoms with Gasteiger partial charge in [-0.25, -0.2) is 0 Å². The fourth-order valence-electron chi connectivity index (χ4n) is 1.37. The van der Waals surface area contributed by atoms with Crippen LogP contribution in [0.25, 0.3) is 0 Å². The summed E-state index contributed by atoms with van der Waals surface area (Å²) in [6.45, 7) is 0. The molecule has 0 saturated heterocycles. The van der Waals surface area contributed by atoms with Crippen molar-refractivity contribution in [2.75, 3.05) is 5.32 Å². The summed E-state index contributed by atoms with van der Waals surface area (Å²) in [5.74, 6) is -1.06. The average Bonchev–Trinajstić information content (AvgIpc) is 2.29. The summed E-state index contributed by atoms with van der Waals surface area (Å²) < 4.78 is 0. The molecule has 0 aliphatic heterocycles. The van der Waals surface area contributed by atoms with E-state index in [0.29, 0.717) is 28.6 Å². The molecule has 1 rings (SSSR count). The Kier molecular flexibility index (Phi) is 5.95. The second kappa shape index (κ2) is 7.24. The fraction of sp³-hybridized carbons (Fsp3) is 0.333. The van der Waals surface area contributed by atoms with E-state index < -0.39 is 5.97 Å². The number of anilines is 1. The van der Waals surface area contributed by atoms with Gasteiger partial charge in [0.1, 0.15) is 0 Å². The van der Waals surface area contributed by atoms with Crippen LogP contribution in [0.1, 0.15) is 25.7 Å². The molecule has 0 atom stereocenters. The van der Waals surface area contributed by atoms with Crippen LogP contribution in [-0.4, -0.2) is 17.0 Å². The number of carboxylic acid groups (broad SMARTS) is 1. The average molecular weight is 290 g/mol. The van der Waals surface area contributed by atoms with Crippen LogP contribution in [0.2, 0.25) is 10.0 Å². The van der Waals surface area contributed by atoms with Crippen LogP contribution in [0, 0.1) is 0 Å². The van der Waals surface area contributed by atoms with Crippen LogP contribution < -0.4 is 5.32 Å². The third-order valence-corrected chi connectivity index (χ3v) is 2.81. The third kappa shape index (κ3) is 5.38. The van der Waals surface area contributed by atoms with Crippen molar-refractivity contribution in [2.45, 2.75) is 25.7 Å². The van der Waals surface area contributed by atoms with Crippen LogP contribution in [0.3, 0.4) is 0 Å². The normalized spacial score (nSPS) is 10.1. The molecular weight excluding hydrogens is 277 g/mol. The van der Waals surface area contributed by atoms with E-state index in [9.17, 15) is 9.59 Å². The molecule has 0 spiro atoms. The van der Waals surface area contributed by atoms with E-state index in [0.717, 1.165) is 0 Å². The summed E-state index contributed by atoms with van der Waals surface area (Å²) in [7, 11) is 0. The van der Waals surface area contributed by atoms with Crippen molar-refractivity contribution in [2.24, 2.45) is 0 Å². The highest BCUT2D eigenvalue weighted by atomic mass is 35.5. The van der Waals surface area contributed by atoms with E-state index in [-0.39, 0.29) is 18.7 Å². The van der Waals surface area contributed by atoms with Crippen LogP contribution in [0.4, 0.5) is 5.69 Å². The van der Waals surface area contributed by atoms with Crippen molar-refractivity contribution in [3.8, 4) is 0 Å². The summed E-state index contributed by atoms with van der Waals surface area (Å²) in [6.07, 6.45) is 1.34. The van der Waals surface area contributed by atoms with Crippen molar-refractivity contribution in [3.05, 3.63) is 28.2 Å². The number of carbonyl (C=O) groups is 2. The van der Waals surface area contributed by atoms with Crippen molar-refractivity contribution in [3.63, 3.8) is 0 Å². The molecule has 0 unspecified atom stereocenters. The highest BCUT2D eigenvalue weighted by molar-refractivity contribution is 6.35. The maximum atomic E-state index is 11.6. The molecule has 2 N–H and O–H groups in total. The van der Waals surface area contributed by atoms with E-state index in [2.05, 4.69) is 5.32 Å². The second-order valence-corrected chi connectivity index (χ2v) is 4.62. The first-order valence-electron chi connectivity index (χ1n) is 5.45. The van der Waals surface area contributed by atoms with E-state index in [1.807, 2.05) is 0 Å². The minimum absolute atomic E-state index is 0.0746. The lowest BCUT2D eigenvalue weighted by molar-refractivity contribution is -0.137. The first-order chi connectivity index (χ1) is 8.49. The molecule has 0 aliphatic carbocycles. The largest absolute Gasteiger partial charge is 0.481 e. The highest BCUT2D eigenvalue weighted by Crippen LogP contribution is 2.25. The van der Waals surface area contributed by atoms with E-state index in [1.54, 1.807) is 18.2 Å². The summed E-state index contributed by atoms with van der Waals surface area (Å²) in [4.78, 5) is 21.8.